The highest BCUT2D eigenvalue weighted by Gasteiger charge is 2.17. The zero-order chi connectivity index (χ0) is 24.5. The maximum atomic E-state index is 12.7. The zero-order valence-corrected chi connectivity index (χ0v) is 20.5. The summed E-state index contributed by atoms with van der Waals surface area (Å²) in [6, 6.07) is 12.4. The van der Waals surface area contributed by atoms with Crippen molar-refractivity contribution in [2.75, 3.05) is 11.8 Å². The molecule has 0 unspecified atom stereocenters. The Kier molecular flexibility index (Phi) is 6.45. The molecule has 0 fully saturated rings. The van der Waals surface area contributed by atoms with Crippen molar-refractivity contribution in [3.63, 3.8) is 0 Å². The molecule has 2 aromatic carbocycles. The number of anilines is 1. The van der Waals surface area contributed by atoms with Crippen molar-refractivity contribution in [3.8, 4) is 23.2 Å². The number of ether oxygens (including phenoxy) is 2. The van der Waals surface area contributed by atoms with Crippen molar-refractivity contribution < 1.29 is 17.9 Å². The number of nitrogens with zero attached hydrogens (tertiary/aromatic N) is 4. The van der Waals surface area contributed by atoms with E-state index in [1.807, 2.05) is 20.8 Å². The van der Waals surface area contributed by atoms with Crippen LogP contribution >= 0.6 is 11.6 Å². The van der Waals surface area contributed by atoms with Gasteiger partial charge in [0.25, 0.3) is 10.0 Å². The third kappa shape index (κ3) is 4.82. The molecule has 176 valence electrons. The molecule has 0 aliphatic heterocycles. The second-order valence-corrected chi connectivity index (χ2v) is 9.54. The number of hydrogen-bond donors (Lipinski definition) is 1. The number of hydrogen-bond acceptors (Lipinski definition) is 7. The first kappa shape index (κ1) is 23.5. The third-order valence-electron chi connectivity index (χ3n) is 5.26. The lowest BCUT2D eigenvalue weighted by molar-refractivity contribution is 0.414. The zero-order valence-electron chi connectivity index (χ0n) is 18.9. The minimum atomic E-state index is -3.84. The van der Waals surface area contributed by atoms with E-state index in [1.54, 1.807) is 35.0 Å². The van der Waals surface area contributed by atoms with E-state index >= 15 is 0 Å². The molecule has 0 spiro atoms. The van der Waals surface area contributed by atoms with Crippen LogP contribution < -0.4 is 14.2 Å². The Morgan fingerprint density at radius 1 is 1.00 bits per heavy atom. The number of sulfonamides is 1. The standard InChI is InChI=1S/C23H22ClN5O4S/c1-14-15(2)27-29(16(14)3)22-12-23(26-13-25-22)33-18-7-5-17(6-8-18)28-34(30,31)19-9-10-21(32-4)20(24)11-19/h5-13,28H,1-4H3. The molecule has 4 rings (SSSR count). The lowest BCUT2D eigenvalue weighted by Crippen LogP contribution is -2.12. The largest absolute Gasteiger partial charge is 0.495 e. The first-order chi connectivity index (χ1) is 16.2. The van der Waals surface area contributed by atoms with Gasteiger partial charge in [-0.15, -0.1) is 0 Å². The summed E-state index contributed by atoms with van der Waals surface area (Å²) in [5.41, 5.74) is 3.36. The van der Waals surface area contributed by atoms with E-state index in [1.165, 1.54) is 31.6 Å². The van der Waals surface area contributed by atoms with E-state index in [0.29, 0.717) is 28.9 Å². The first-order valence-corrected chi connectivity index (χ1v) is 12.0. The molecule has 0 radical (unpaired) electrons. The van der Waals surface area contributed by atoms with E-state index in [9.17, 15) is 8.42 Å². The van der Waals surface area contributed by atoms with Gasteiger partial charge in [-0.1, -0.05) is 11.6 Å². The molecule has 0 amide bonds. The van der Waals surface area contributed by atoms with Gasteiger partial charge in [0, 0.05) is 17.4 Å². The monoisotopic (exact) mass is 499 g/mol. The second kappa shape index (κ2) is 9.32. The highest BCUT2D eigenvalue weighted by molar-refractivity contribution is 7.92. The maximum absolute atomic E-state index is 12.7. The molecule has 0 bridgehead atoms. The Labute approximate surface area is 202 Å². The number of rotatable bonds is 7. The topological polar surface area (TPSA) is 108 Å². The first-order valence-electron chi connectivity index (χ1n) is 10.2. The van der Waals surface area contributed by atoms with E-state index < -0.39 is 10.0 Å². The van der Waals surface area contributed by atoms with Gasteiger partial charge in [0.15, 0.2) is 5.82 Å². The van der Waals surface area contributed by atoms with Crippen LogP contribution in [0.15, 0.2) is 59.8 Å². The van der Waals surface area contributed by atoms with E-state index in [4.69, 9.17) is 21.1 Å². The molecule has 11 heteroatoms. The summed E-state index contributed by atoms with van der Waals surface area (Å²) < 4.78 is 40.5. The van der Waals surface area contributed by atoms with Crippen molar-refractivity contribution in [2.24, 2.45) is 0 Å². The molecule has 4 aromatic rings. The van der Waals surface area contributed by atoms with Crippen LogP contribution in [0.2, 0.25) is 5.02 Å². The summed E-state index contributed by atoms with van der Waals surface area (Å²) >= 11 is 6.05. The molecule has 2 heterocycles. The summed E-state index contributed by atoms with van der Waals surface area (Å²) in [5.74, 6) is 1.78. The molecule has 0 saturated carbocycles. The lowest BCUT2D eigenvalue weighted by atomic mass is 10.2. The van der Waals surface area contributed by atoms with Crippen molar-refractivity contribution in [2.45, 2.75) is 25.7 Å². The molecule has 34 heavy (non-hydrogen) atoms. The summed E-state index contributed by atoms with van der Waals surface area (Å²) in [6.07, 6.45) is 1.40. The predicted molar refractivity (Wildman–Crippen MR) is 129 cm³/mol. The Morgan fingerprint density at radius 2 is 1.74 bits per heavy atom. The van der Waals surface area contributed by atoms with E-state index in [-0.39, 0.29) is 9.92 Å². The maximum Gasteiger partial charge on any atom is 0.261 e. The van der Waals surface area contributed by atoms with Crippen LogP contribution in [0.5, 0.6) is 17.4 Å². The van der Waals surface area contributed by atoms with Gasteiger partial charge in [0.05, 0.1) is 22.7 Å². The van der Waals surface area contributed by atoms with Gasteiger partial charge < -0.3 is 9.47 Å². The average molecular weight is 500 g/mol. The minimum absolute atomic E-state index is 0.0199. The van der Waals surface area contributed by atoms with Crippen molar-refractivity contribution in [1.82, 2.24) is 19.7 Å². The van der Waals surface area contributed by atoms with Crippen LogP contribution in [0.3, 0.4) is 0 Å². The number of aryl methyl sites for hydroxylation is 1. The molecule has 0 atom stereocenters. The minimum Gasteiger partial charge on any atom is -0.495 e. The van der Waals surface area contributed by atoms with Gasteiger partial charge in [-0.2, -0.15) is 5.10 Å². The van der Waals surface area contributed by atoms with E-state index in [0.717, 1.165) is 17.0 Å². The average Bonchev–Trinajstić information content (AvgIpc) is 3.07. The van der Waals surface area contributed by atoms with Crippen LogP contribution in [-0.4, -0.2) is 35.3 Å². The number of aromatic nitrogens is 4. The number of benzene rings is 2. The Bertz CT molecular complexity index is 1450. The van der Waals surface area contributed by atoms with Crippen molar-refractivity contribution in [3.05, 3.63) is 76.8 Å². The normalized spacial score (nSPS) is 11.3. The van der Waals surface area contributed by atoms with E-state index in [2.05, 4.69) is 19.8 Å². The fourth-order valence-electron chi connectivity index (χ4n) is 3.19. The molecular weight excluding hydrogens is 478 g/mol. The van der Waals surface area contributed by atoms with Gasteiger partial charge in [-0.25, -0.2) is 23.1 Å². The summed E-state index contributed by atoms with van der Waals surface area (Å²) in [6.45, 7) is 5.92. The van der Waals surface area contributed by atoms with Gasteiger partial charge in [-0.3, -0.25) is 4.72 Å². The molecule has 0 aliphatic carbocycles. The Balaban J connectivity index is 1.49. The quantitative estimate of drug-likeness (QED) is 0.387. The Hall–Kier alpha value is -3.63. The highest BCUT2D eigenvalue weighted by atomic mass is 35.5. The highest BCUT2D eigenvalue weighted by Crippen LogP contribution is 2.29. The van der Waals surface area contributed by atoms with Crippen LogP contribution in [0.1, 0.15) is 17.0 Å². The van der Waals surface area contributed by atoms with Gasteiger partial charge in [0.1, 0.15) is 17.8 Å². The molecule has 9 nitrogen and oxygen atoms in total. The second-order valence-electron chi connectivity index (χ2n) is 7.45. The molecule has 0 aliphatic rings. The van der Waals surface area contributed by atoms with Crippen LogP contribution in [-0.2, 0) is 10.0 Å². The van der Waals surface area contributed by atoms with Gasteiger partial charge in [0.2, 0.25) is 5.88 Å². The summed E-state index contributed by atoms with van der Waals surface area (Å²) in [4.78, 5) is 8.46. The number of nitrogens with one attached hydrogen (secondary N) is 1. The number of methoxy groups -OCH3 is 1. The fourth-order valence-corrected chi connectivity index (χ4v) is 4.59. The Morgan fingerprint density at radius 3 is 2.35 bits per heavy atom. The fraction of sp³-hybridized carbons (Fsp3) is 0.174. The van der Waals surface area contributed by atoms with Gasteiger partial charge >= 0.3 is 0 Å². The molecule has 2 aromatic heterocycles. The van der Waals surface area contributed by atoms with Crippen LogP contribution in [0, 0.1) is 20.8 Å². The van der Waals surface area contributed by atoms with Crippen molar-refractivity contribution >= 4 is 27.3 Å². The molecular formula is C23H22ClN5O4S. The number of halogens is 1. The third-order valence-corrected chi connectivity index (χ3v) is 6.93. The molecule has 1 N–H and O–H groups in total. The molecule has 0 saturated heterocycles. The van der Waals surface area contributed by atoms with Crippen LogP contribution in [0.4, 0.5) is 5.69 Å². The predicted octanol–water partition coefficient (Wildman–Crippen LogP) is 4.84. The van der Waals surface area contributed by atoms with Gasteiger partial charge in [-0.05, 0) is 68.8 Å². The SMILES string of the molecule is COc1ccc(S(=O)(=O)Nc2ccc(Oc3cc(-n4nc(C)c(C)c4C)ncn3)cc2)cc1Cl. The summed E-state index contributed by atoms with van der Waals surface area (Å²) in [5, 5.41) is 4.71. The smallest absolute Gasteiger partial charge is 0.261 e. The summed E-state index contributed by atoms with van der Waals surface area (Å²) in [7, 11) is -2.38. The lowest BCUT2D eigenvalue weighted by Gasteiger charge is -2.11. The van der Waals surface area contributed by atoms with Crippen LogP contribution in [0.25, 0.3) is 5.82 Å². The van der Waals surface area contributed by atoms with Crippen molar-refractivity contribution in [1.29, 1.82) is 0 Å².